The van der Waals surface area contributed by atoms with Gasteiger partial charge in [-0.3, -0.25) is 0 Å². The van der Waals surface area contributed by atoms with E-state index in [2.05, 4.69) is 5.32 Å². The topological polar surface area (TPSA) is 77.0 Å². The minimum absolute atomic E-state index is 0.157. The van der Waals surface area contributed by atoms with E-state index in [0.29, 0.717) is 17.9 Å². The number of alkyl carbamates (subject to hydrolysis) is 1. The third-order valence-corrected chi connectivity index (χ3v) is 7.67. The summed E-state index contributed by atoms with van der Waals surface area (Å²) >= 11 is 3.69. The van der Waals surface area contributed by atoms with Crippen molar-refractivity contribution in [3.63, 3.8) is 0 Å². The molecule has 1 fully saturated rings. The third-order valence-electron chi connectivity index (χ3n) is 4.24. The van der Waals surface area contributed by atoms with Crippen molar-refractivity contribution >= 4 is 29.6 Å². The Kier molecular flexibility index (Phi) is 8.21. The summed E-state index contributed by atoms with van der Waals surface area (Å²) in [6, 6.07) is 5.52. The highest BCUT2D eigenvalue weighted by molar-refractivity contribution is 8.18. The van der Waals surface area contributed by atoms with E-state index in [-0.39, 0.29) is 10.7 Å². The summed E-state index contributed by atoms with van der Waals surface area (Å²) in [4.78, 5) is 12.2. The Bertz CT molecular complexity index is 656. The van der Waals surface area contributed by atoms with Crippen LogP contribution >= 0.6 is 23.5 Å². The van der Waals surface area contributed by atoms with Crippen LogP contribution in [0.5, 0.6) is 11.5 Å². The number of hydrogen-bond acceptors (Lipinski definition) is 7. The van der Waals surface area contributed by atoms with Gasteiger partial charge in [0.25, 0.3) is 0 Å². The lowest BCUT2D eigenvalue weighted by Gasteiger charge is -2.39. The second kappa shape index (κ2) is 9.98. The number of carbonyl (C=O) groups is 1. The first-order valence-corrected chi connectivity index (χ1v) is 11.3. The highest BCUT2D eigenvalue weighted by Crippen LogP contribution is 2.54. The van der Waals surface area contributed by atoms with Crippen molar-refractivity contribution in [1.29, 1.82) is 0 Å². The second-order valence-corrected chi connectivity index (χ2v) is 10.6. The van der Waals surface area contributed by atoms with Gasteiger partial charge in [-0.1, -0.05) is 6.07 Å². The molecule has 1 aliphatic heterocycles. The van der Waals surface area contributed by atoms with Crippen molar-refractivity contribution in [1.82, 2.24) is 5.32 Å². The van der Waals surface area contributed by atoms with Crippen LogP contribution in [0.2, 0.25) is 0 Å². The molecule has 0 spiro atoms. The summed E-state index contributed by atoms with van der Waals surface area (Å²) in [5.41, 5.74) is 0.503. The van der Waals surface area contributed by atoms with Crippen LogP contribution in [0, 0.1) is 0 Å². The molecule has 0 bridgehead atoms. The van der Waals surface area contributed by atoms with E-state index < -0.39 is 17.7 Å². The zero-order valence-electron chi connectivity index (χ0n) is 17.2. The average Bonchev–Trinajstić information content (AvgIpc) is 2.66. The number of ether oxygens (including phenoxy) is 3. The van der Waals surface area contributed by atoms with E-state index in [4.69, 9.17) is 14.2 Å². The molecule has 1 aromatic carbocycles. The zero-order chi connectivity index (χ0) is 20.8. The van der Waals surface area contributed by atoms with Gasteiger partial charge in [0.1, 0.15) is 5.60 Å². The van der Waals surface area contributed by atoms with Gasteiger partial charge in [0.15, 0.2) is 11.5 Å². The molecular formula is C20H31NO5S2. The molecule has 1 aromatic rings. The van der Waals surface area contributed by atoms with Gasteiger partial charge in [-0.2, -0.15) is 0 Å². The fourth-order valence-electron chi connectivity index (χ4n) is 3.01. The van der Waals surface area contributed by atoms with Crippen LogP contribution in [0.1, 0.15) is 39.2 Å². The number of aliphatic hydroxyl groups is 1. The SMILES string of the molecule is COc1ccc(C2(C[C@H](CO)NC(=O)OC(C)(C)C)SCCCS2)cc1OC. The van der Waals surface area contributed by atoms with Gasteiger partial charge >= 0.3 is 6.09 Å². The van der Waals surface area contributed by atoms with Crippen molar-refractivity contribution in [3.05, 3.63) is 23.8 Å². The van der Waals surface area contributed by atoms with E-state index in [1.54, 1.807) is 14.2 Å². The minimum atomic E-state index is -0.584. The van der Waals surface area contributed by atoms with Gasteiger partial charge in [0, 0.05) is 0 Å². The predicted octanol–water partition coefficient (Wildman–Crippen LogP) is 4.00. The molecule has 2 N–H and O–H groups in total. The van der Waals surface area contributed by atoms with E-state index >= 15 is 0 Å². The summed E-state index contributed by atoms with van der Waals surface area (Å²) in [6.07, 6.45) is 1.20. The highest BCUT2D eigenvalue weighted by atomic mass is 32.2. The van der Waals surface area contributed by atoms with E-state index in [1.807, 2.05) is 62.5 Å². The smallest absolute Gasteiger partial charge is 0.407 e. The number of aliphatic hydroxyl groups excluding tert-OH is 1. The van der Waals surface area contributed by atoms with Crippen molar-refractivity contribution in [2.24, 2.45) is 0 Å². The molecule has 0 aliphatic carbocycles. The minimum Gasteiger partial charge on any atom is -0.493 e. The monoisotopic (exact) mass is 429 g/mol. The Morgan fingerprint density at radius 3 is 2.39 bits per heavy atom. The van der Waals surface area contributed by atoms with Gasteiger partial charge in [0.05, 0.1) is 30.9 Å². The van der Waals surface area contributed by atoms with Gasteiger partial charge in [-0.25, -0.2) is 4.79 Å². The molecule has 158 valence electrons. The van der Waals surface area contributed by atoms with Crippen LogP contribution in [0.25, 0.3) is 0 Å². The Balaban J connectivity index is 2.25. The van der Waals surface area contributed by atoms with Crippen LogP contribution in [-0.2, 0) is 8.82 Å². The lowest BCUT2D eigenvalue weighted by atomic mass is 10.0. The molecule has 0 unspecified atom stereocenters. The molecule has 6 nitrogen and oxygen atoms in total. The number of benzene rings is 1. The molecule has 28 heavy (non-hydrogen) atoms. The predicted molar refractivity (Wildman–Crippen MR) is 116 cm³/mol. The molecule has 1 amide bonds. The van der Waals surface area contributed by atoms with Gasteiger partial charge < -0.3 is 24.6 Å². The summed E-state index contributed by atoms with van der Waals surface area (Å²) in [5.74, 6) is 3.39. The molecule has 0 aromatic heterocycles. The second-order valence-electron chi connectivity index (χ2n) is 7.60. The van der Waals surface area contributed by atoms with E-state index in [0.717, 1.165) is 23.5 Å². The molecule has 1 saturated heterocycles. The molecule has 1 atom stereocenters. The lowest BCUT2D eigenvalue weighted by molar-refractivity contribution is 0.0478. The number of methoxy groups -OCH3 is 2. The molecule has 2 rings (SSSR count). The molecule has 1 aliphatic rings. The quantitative estimate of drug-likeness (QED) is 0.678. The normalized spacial score (nSPS) is 17.5. The van der Waals surface area contributed by atoms with Crippen molar-refractivity contribution < 1.29 is 24.1 Å². The van der Waals surface area contributed by atoms with E-state index in [1.165, 1.54) is 0 Å². The van der Waals surface area contributed by atoms with Crippen LogP contribution in [-0.4, -0.2) is 55.2 Å². The number of rotatable bonds is 7. The summed E-state index contributed by atoms with van der Waals surface area (Å²) in [7, 11) is 3.24. The Morgan fingerprint density at radius 2 is 1.86 bits per heavy atom. The van der Waals surface area contributed by atoms with Crippen molar-refractivity contribution in [3.8, 4) is 11.5 Å². The maximum Gasteiger partial charge on any atom is 0.407 e. The molecule has 8 heteroatoms. The van der Waals surface area contributed by atoms with Crippen molar-refractivity contribution in [2.45, 2.75) is 49.3 Å². The van der Waals surface area contributed by atoms with Gasteiger partial charge in [-0.15, -0.1) is 23.5 Å². The highest BCUT2D eigenvalue weighted by Gasteiger charge is 2.39. The largest absolute Gasteiger partial charge is 0.493 e. The summed E-state index contributed by atoms with van der Waals surface area (Å²) < 4.78 is 15.9. The third kappa shape index (κ3) is 6.12. The summed E-state index contributed by atoms with van der Waals surface area (Å²) in [5, 5.41) is 12.7. The first-order chi connectivity index (χ1) is 13.2. The fraction of sp³-hybridized carbons (Fsp3) is 0.650. The first kappa shape index (κ1) is 23.0. The van der Waals surface area contributed by atoms with Crippen LogP contribution < -0.4 is 14.8 Å². The van der Waals surface area contributed by atoms with E-state index in [9.17, 15) is 9.90 Å². The van der Waals surface area contributed by atoms with Crippen molar-refractivity contribution in [2.75, 3.05) is 32.3 Å². The summed E-state index contributed by atoms with van der Waals surface area (Å²) in [6.45, 7) is 5.30. The number of hydrogen-bond donors (Lipinski definition) is 2. The lowest BCUT2D eigenvalue weighted by Crippen LogP contribution is -2.44. The maximum atomic E-state index is 12.2. The standard InChI is InChI=1S/C20H31NO5S2/c1-19(2,3)26-18(23)21-15(13-22)12-20(27-9-6-10-28-20)14-7-8-16(24-4)17(11-14)25-5/h7-8,11,15,22H,6,9-10,12-13H2,1-5H3,(H,21,23)/t15-/m1/s1. The number of amides is 1. The number of thioether (sulfide) groups is 2. The number of nitrogens with one attached hydrogen (secondary N) is 1. The molecule has 1 heterocycles. The Hall–Kier alpha value is -1.25. The van der Waals surface area contributed by atoms with Crippen LogP contribution in [0.4, 0.5) is 4.79 Å². The molecule has 0 saturated carbocycles. The maximum absolute atomic E-state index is 12.2. The fourth-order valence-corrected chi connectivity index (χ4v) is 6.49. The van der Waals surface area contributed by atoms with Crippen LogP contribution in [0.15, 0.2) is 18.2 Å². The van der Waals surface area contributed by atoms with Gasteiger partial charge in [-0.05, 0) is 62.8 Å². The first-order valence-electron chi connectivity index (χ1n) is 9.34. The zero-order valence-corrected chi connectivity index (χ0v) is 18.9. The van der Waals surface area contributed by atoms with Gasteiger partial charge in [0.2, 0.25) is 0 Å². The molecular weight excluding hydrogens is 398 g/mol. The molecule has 0 radical (unpaired) electrons. The Labute approximate surface area is 176 Å². The van der Waals surface area contributed by atoms with Crippen LogP contribution in [0.3, 0.4) is 0 Å². The Morgan fingerprint density at radius 1 is 1.21 bits per heavy atom. The average molecular weight is 430 g/mol. The number of carbonyl (C=O) groups excluding carboxylic acids is 1.